The van der Waals surface area contributed by atoms with Gasteiger partial charge in [-0.1, -0.05) is 13.8 Å². The van der Waals surface area contributed by atoms with Crippen molar-refractivity contribution in [3.05, 3.63) is 98.8 Å². The Labute approximate surface area is 298 Å². The molecule has 258 valence electrons. The number of anilines is 3. The number of nitrogens with one attached hydrogen (secondary N) is 1. The number of fused-ring (bicyclic) bond motifs is 3. The number of piperazine rings is 1. The van der Waals surface area contributed by atoms with Gasteiger partial charge in [0, 0.05) is 85.8 Å². The second-order valence-corrected chi connectivity index (χ2v) is 15.1. The van der Waals surface area contributed by atoms with Gasteiger partial charge in [0.2, 0.25) is 0 Å². The predicted octanol–water partition coefficient (Wildman–Crippen LogP) is 2.68. The van der Waals surface area contributed by atoms with Crippen molar-refractivity contribution in [1.29, 1.82) is 0 Å². The first-order valence-electron chi connectivity index (χ1n) is 17.3. The Morgan fingerprint density at radius 1 is 1.06 bits per heavy atom. The van der Waals surface area contributed by atoms with Gasteiger partial charge in [0.1, 0.15) is 38.5 Å². The fourth-order valence-electron chi connectivity index (χ4n) is 7.98. The van der Waals surface area contributed by atoms with E-state index in [0.717, 1.165) is 43.9 Å². The van der Waals surface area contributed by atoms with Gasteiger partial charge in [-0.15, -0.1) is 0 Å². The zero-order valence-electron chi connectivity index (χ0n) is 29.3. The average Bonchev–Trinajstić information content (AvgIpc) is 3.58. The molecule has 51 heavy (non-hydrogen) atoms. The number of nitrogens with zero attached hydrogens (tertiary/aromatic N) is 7. The van der Waals surface area contributed by atoms with Crippen LogP contribution in [0.1, 0.15) is 43.6 Å². The van der Waals surface area contributed by atoms with Crippen molar-refractivity contribution in [2.45, 2.75) is 51.1 Å². The Morgan fingerprint density at radius 3 is 2.55 bits per heavy atom. The minimum absolute atomic E-state index is 0.145. The lowest BCUT2D eigenvalue weighted by molar-refractivity contribution is -0.0963. The fourth-order valence-corrected chi connectivity index (χ4v) is 7.98. The molecule has 2 aliphatic heterocycles. The Hall–Kier alpha value is -4.65. The second-order valence-electron chi connectivity index (χ2n) is 15.1. The van der Waals surface area contributed by atoms with Crippen molar-refractivity contribution in [1.82, 2.24) is 28.4 Å². The van der Waals surface area contributed by atoms with E-state index in [-0.39, 0.29) is 45.1 Å². The third-order valence-corrected chi connectivity index (χ3v) is 10.6. The standard InChI is InChI=1S/C37H40B2N8O4/c1-22-18-44(37(39)20-51-21-37)9-10-45(22)25-5-6-30(41-17-25)42-27-13-24(19-43(4)34(27)49)26-7-8-40-33(31(26)32(38)48)47-12-11-46-28(35(47)50)14-23-15-36(2,3)16-29(23)46/h5-8,11-14,17,19,22,32,48H,9-10,15-16,18,20-21H2,1-4H3,(H,41,42)/t22-,32?/m0/s1. The van der Waals surface area contributed by atoms with E-state index in [1.165, 1.54) is 14.7 Å². The topological polar surface area (TPSA) is 122 Å². The van der Waals surface area contributed by atoms with Gasteiger partial charge in [-0.2, -0.15) is 0 Å². The summed E-state index contributed by atoms with van der Waals surface area (Å²) in [6, 6.07) is 7.99. The molecule has 0 spiro atoms. The lowest BCUT2D eigenvalue weighted by atomic mass is 9.73. The van der Waals surface area contributed by atoms with E-state index in [4.69, 9.17) is 20.4 Å². The van der Waals surface area contributed by atoms with Crippen LogP contribution in [0.2, 0.25) is 0 Å². The van der Waals surface area contributed by atoms with Crippen LogP contribution in [0.25, 0.3) is 22.5 Å². The smallest absolute Gasteiger partial charge is 0.280 e. The minimum Gasteiger partial charge on any atom is -0.398 e. The summed E-state index contributed by atoms with van der Waals surface area (Å²) in [7, 11) is 14.3. The second kappa shape index (κ2) is 12.2. The SMILES string of the molecule is [B]C(O)c1c(-c2cc(Nc3ccc(N4CCN(C5([B])COC5)C[C@@H]4C)cn3)c(=O)n(C)c2)ccnc1-n1ccn2c3c(cc2c1=O)CC(C)(C)C3. The van der Waals surface area contributed by atoms with Crippen LogP contribution >= 0.6 is 0 Å². The molecule has 1 aliphatic carbocycles. The number of aryl methyl sites for hydroxylation is 1. The number of aliphatic hydroxyl groups is 1. The van der Waals surface area contributed by atoms with Gasteiger partial charge >= 0.3 is 0 Å². The molecule has 8 rings (SSSR count). The van der Waals surface area contributed by atoms with E-state index in [2.05, 4.69) is 45.9 Å². The highest BCUT2D eigenvalue weighted by atomic mass is 16.5. The number of aliphatic hydroxyl groups excluding tert-OH is 1. The van der Waals surface area contributed by atoms with Crippen LogP contribution in [0.5, 0.6) is 0 Å². The molecular weight excluding hydrogens is 642 g/mol. The molecule has 5 aromatic heterocycles. The molecule has 14 heteroatoms. The molecule has 2 fully saturated rings. The maximum absolute atomic E-state index is 13.9. The number of hydrogen-bond donors (Lipinski definition) is 2. The van der Waals surface area contributed by atoms with Gasteiger partial charge in [0.05, 0.1) is 25.1 Å². The van der Waals surface area contributed by atoms with Crippen LogP contribution in [-0.4, -0.2) is 93.5 Å². The lowest BCUT2D eigenvalue weighted by Crippen LogP contribution is -2.68. The van der Waals surface area contributed by atoms with Gasteiger partial charge in [-0.3, -0.25) is 19.1 Å². The molecular formula is C37H40B2N8O4. The van der Waals surface area contributed by atoms with E-state index in [1.54, 1.807) is 44.0 Å². The van der Waals surface area contributed by atoms with Crippen LogP contribution < -0.4 is 21.3 Å². The average molecular weight is 682 g/mol. The largest absolute Gasteiger partial charge is 0.398 e. The third kappa shape index (κ3) is 5.79. The minimum atomic E-state index is -1.46. The first kappa shape index (κ1) is 33.5. The van der Waals surface area contributed by atoms with Gasteiger partial charge < -0.3 is 29.0 Å². The van der Waals surface area contributed by atoms with Crippen molar-refractivity contribution in [2.75, 3.05) is 43.1 Å². The van der Waals surface area contributed by atoms with E-state index >= 15 is 0 Å². The van der Waals surface area contributed by atoms with Crippen LogP contribution in [0, 0.1) is 5.41 Å². The molecule has 0 amide bonds. The molecule has 5 aromatic rings. The highest BCUT2D eigenvalue weighted by molar-refractivity contribution is 6.16. The molecule has 2 atom stereocenters. The van der Waals surface area contributed by atoms with E-state index in [0.29, 0.717) is 35.7 Å². The Balaban J connectivity index is 1.08. The van der Waals surface area contributed by atoms with E-state index < -0.39 is 6.00 Å². The highest BCUT2D eigenvalue weighted by Crippen LogP contribution is 2.38. The summed E-state index contributed by atoms with van der Waals surface area (Å²) in [5.41, 5.74) is 4.76. The summed E-state index contributed by atoms with van der Waals surface area (Å²) < 4.78 is 10.2. The van der Waals surface area contributed by atoms with E-state index in [9.17, 15) is 14.7 Å². The number of pyridine rings is 3. The molecule has 0 aromatic carbocycles. The highest BCUT2D eigenvalue weighted by Gasteiger charge is 2.41. The summed E-state index contributed by atoms with van der Waals surface area (Å²) in [5.74, 6) is 0.721. The van der Waals surface area contributed by atoms with Gasteiger partial charge in [-0.05, 0) is 66.6 Å². The summed E-state index contributed by atoms with van der Waals surface area (Å²) in [4.78, 5) is 41.0. The van der Waals surface area contributed by atoms with Crippen LogP contribution in [0.3, 0.4) is 0 Å². The zero-order valence-corrected chi connectivity index (χ0v) is 29.3. The molecule has 7 heterocycles. The zero-order chi connectivity index (χ0) is 35.8. The van der Waals surface area contributed by atoms with E-state index in [1.807, 2.05) is 28.8 Å². The number of hydrogen-bond acceptors (Lipinski definition) is 9. The Bertz CT molecular complexity index is 2280. The molecule has 12 nitrogen and oxygen atoms in total. The lowest BCUT2D eigenvalue weighted by Gasteiger charge is -2.53. The number of ether oxygens (including phenoxy) is 1. The van der Waals surface area contributed by atoms with Crippen molar-refractivity contribution < 1.29 is 9.84 Å². The number of rotatable bonds is 7. The molecule has 1 unspecified atom stereocenters. The summed E-state index contributed by atoms with van der Waals surface area (Å²) >= 11 is 0. The van der Waals surface area contributed by atoms with Crippen LogP contribution in [-0.2, 0) is 24.6 Å². The maximum atomic E-state index is 13.9. The van der Waals surface area contributed by atoms with Crippen LogP contribution in [0.15, 0.2) is 70.9 Å². The monoisotopic (exact) mass is 682 g/mol. The van der Waals surface area contributed by atoms with Gasteiger partial charge in [0.25, 0.3) is 11.1 Å². The van der Waals surface area contributed by atoms with Gasteiger partial charge in [0.15, 0.2) is 0 Å². The normalized spacial score (nSPS) is 20.3. The number of aromatic nitrogens is 5. The fraction of sp³-hybridized carbons (Fsp3) is 0.405. The summed E-state index contributed by atoms with van der Waals surface area (Å²) in [6.07, 6.45) is 10.4. The Morgan fingerprint density at radius 2 is 1.86 bits per heavy atom. The molecule has 2 saturated heterocycles. The predicted molar refractivity (Wildman–Crippen MR) is 199 cm³/mol. The molecule has 0 bridgehead atoms. The first-order valence-corrected chi connectivity index (χ1v) is 17.3. The molecule has 2 N–H and O–H groups in total. The first-order chi connectivity index (χ1) is 24.3. The summed E-state index contributed by atoms with van der Waals surface area (Å²) in [5, 5.41) is 14.1. The van der Waals surface area contributed by atoms with Crippen molar-refractivity contribution in [2.24, 2.45) is 12.5 Å². The Kier molecular flexibility index (Phi) is 8.04. The molecule has 3 aliphatic rings. The molecule has 0 saturated carbocycles. The molecule has 4 radical (unpaired) electrons. The van der Waals surface area contributed by atoms with Crippen molar-refractivity contribution in [3.8, 4) is 16.9 Å². The van der Waals surface area contributed by atoms with Crippen molar-refractivity contribution >= 4 is 38.4 Å². The quantitative estimate of drug-likeness (QED) is 0.250. The maximum Gasteiger partial charge on any atom is 0.280 e. The van der Waals surface area contributed by atoms with Crippen LogP contribution in [0.4, 0.5) is 17.2 Å². The third-order valence-electron chi connectivity index (χ3n) is 10.6. The van der Waals surface area contributed by atoms with Crippen molar-refractivity contribution in [3.63, 3.8) is 0 Å². The van der Waals surface area contributed by atoms with Gasteiger partial charge in [-0.25, -0.2) is 9.97 Å². The summed E-state index contributed by atoms with van der Waals surface area (Å²) in [6.45, 7) is 10.2.